The minimum absolute atomic E-state index is 0.259. The number of carbonyl (C=O) groups is 1. The van der Waals surface area contributed by atoms with Crippen molar-refractivity contribution in [2.45, 2.75) is 6.61 Å². The second-order valence-electron chi connectivity index (χ2n) is 4.83. The van der Waals surface area contributed by atoms with Gasteiger partial charge in [-0.2, -0.15) is 0 Å². The molecule has 0 bridgehead atoms. The Kier molecular flexibility index (Phi) is 4.97. The zero-order chi connectivity index (χ0) is 16.1. The molecule has 0 aliphatic rings. The van der Waals surface area contributed by atoms with Gasteiger partial charge >= 0.3 is 0 Å². The number of furan rings is 1. The van der Waals surface area contributed by atoms with Crippen LogP contribution in [0.15, 0.2) is 71.1 Å². The molecule has 4 nitrogen and oxygen atoms in total. The quantitative estimate of drug-likeness (QED) is 0.610. The van der Waals surface area contributed by atoms with Gasteiger partial charge in [0.1, 0.15) is 18.1 Å². The van der Waals surface area contributed by atoms with E-state index in [0.29, 0.717) is 5.76 Å². The lowest BCUT2D eigenvalue weighted by atomic mass is 10.3. The van der Waals surface area contributed by atoms with Crippen LogP contribution in [0.5, 0.6) is 5.75 Å². The standard InChI is InChI=1S/C18H14INO3/c19-13-6-8-14(9-7-13)20-18(21)17-11-10-16(23-17)12-22-15-4-2-1-3-5-15/h1-11H,12H2,(H,20,21). The number of halogens is 1. The third-order valence-corrected chi connectivity index (χ3v) is 3.83. The lowest BCUT2D eigenvalue weighted by Crippen LogP contribution is -2.10. The molecule has 23 heavy (non-hydrogen) atoms. The minimum Gasteiger partial charge on any atom is -0.486 e. The van der Waals surface area contributed by atoms with Crippen LogP contribution in [0, 0.1) is 3.57 Å². The molecular formula is C18H14INO3. The van der Waals surface area contributed by atoms with Crippen LogP contribution < -0.4 is 10.1 Å². The Hall–Kier alpha value is -2.28. The molecule has 0 aliphatic carbocycles. The van der Waals surface area contributed by atoms with Gasteiger partial charge in [0.25, 0.3) is 5.91 Å². The number of nitrogens with one attached hydrogen (secondary N) is 1. The van der Waals surface area contributed by atoms with Crippen LogP contribution >= 0.6 is 22.6 Å². The maximum absolute atomic E-state index is 12.1. The fourth-order valence-corrected chi connectivity index (χ4v) is 2.33. The van der Waals surface area contributed by atoms with E-state index in [1.54, 1.807) is 12.1 Å². The van der Waals surface area contributed by atoms with Gasteiger partial charge in [-0.3, -0.25) is 4.79 Å². The molecule has 0 unspecified atom stereocenters. The fourth-order valence-electron chi connectivity index (χ4n) is 1.97. The molecule has 0 atom stereocenters. The number of anilines is 1. The molecule has 3 aromatic rings. The number of ether oxygens (including phenoxy) is 1. The van der Waals surface area contributed by atoms with Gasteiger partial charge in [0.2, 0.25) is 0 Å². The van der Waals surface area contributed by atoms with Gasteiger partial charge < -0.3 is 14.5 Å². The summed E-state index contributed by atoms with van der Waals surface area (Å²) in [6.07, 6.45) is 0. The van der Waals surface area contributed by atoms with Crippen molar-refractivity contribution < 1.29 is 13.9 Å². The molecule has 1 amide bonds. The van der Waals surface area contributed by atoms with Crippen LogP contribution in [0.3, 0.4) is 0 Å². The van der Waals surface area contributed by atoms with Crippen LogP contribution in [-0.4, -0.2) is 5.91 Å². The molecule has 0 aliphatic heterocycles. The number of carbonyl (C=O) groups excluding carboxylic acids is 1. The Morgan fingerprint density at radius 1 is 1.00 bits per heavy atom. The molecule has 116 valence electrons. The molecule has 0 saturated carbocycles. The topological polar surface area (TPSA) is 51.5 Å². The number of para-hydroxylation sites is 1. The van der Waals surface area contributed by atoms with Crippen LogP contribution in [0.2, 0.25) is 0 Å². The Labute approximate surface area is 147 Å². The van der Waals surface area contributed by atoms with E-state index in [-0.39, 0.29) is 18.3 Å². The van der Waals surface area contributed by atoms with Gasteiger partial charge in [0.15, 0.2) is 5.76 Å². The molecule has 0 radical (unpaired) electrons. The number of amides is 1. The van der Waals surface area contributed by atoms with Gasteiger partial charge in [-0.1, -0.05) is 18.2 Å². The van der Waals surface area contributed by atoms with Crippen molar-refractivity contribution in [3.05, 3.63) is 81.8 Å². The molecule has 3 rings (SSSR count). The predicted octanol–water partition coefficient (Wildman–Crippen LogP) is 4.72. The summed E-state index contributed by atoms with van der Waals surface area (Å²) in [5, 5.41) is 2.80. The third kappa shape index (κ3) is 4.35. The van der Waals surface area contributed by atoms with Crippen molar-refractivity contribution in [2.24, 2.45) is 0 Å². The number of hydrogen-bond donors (Lipinski definition) is 1. The zero-order valence-corrected chi connectivity index (χ0v) is 14.3. The Morgan fingerprint density at radius 2 is 1.74 bits per heavy atom. The molecular weight excluding hydrogens is 405 g/mol. The van der Waals surface area contributed by atoms with Crippen molar-refractivity contribution in [2.75, 3.05) is 5.32 Å². The highest BCUT2D eigenvalue weighted by Gasteiger charge is 2.11. The molecule has 1 N–H and O–H groups in total. The molecule has 0 saturated heterocycles. The monoisotopic (exact) mass is 419 g/mol. The first-order valence-electron chi connectivity index (χ1n) is 7.04. The second-order valence-corrected chi connectivity index (χ2v) is 6.07. The van der Waals surface area contributed by atoms with Crippen LogP contribution in [0.4, 0.5) is 5.69 Å². The van der Waals surface area contributed by atoms with Crippen LogP contribution in [0.25, 0.3) is 0 Å². The average Bonchev–Trinajstić information content (AvgIpc) is 3.05. The van der Waals surface area contributed by atoms with Gasteiger partial charge in [-0.15, -0.1) is 0 Å². The summed E-state index contributed by atoms with van der Waals surface area (Å²) < 4.78 is 12.2. The Balaban J connectivity index is 1.59. The SMILES string of the molecule is O=C(Nc1ccc(I)cc1)c1ccc(COc2ccccc2)o1. The lowest BCUT2D eigenvalue weighted by molar-refractivity contribution is 0.0992. The minimum atomic E-state index is -0.280. The number of rotatable bonds is 5. The summed E-state index contributed by atoms with van der Waals surface area (Å²) in [5.74, 6) is 1.34. The van der Waals surface area contributed by atoms with E-state index in [1.165, 1.54) is 0 Å². The summed E-state index contributed by atoms with van der Waals surface area (Å²) in [6.45, 7) is 0.279. The first-order valence-corrected chi connectivity index (χ1v) is 8.12. The first kappa shape index (κ1) is 15.6. The number of benzene rings is 2. The smallest absolute Gasteiger partial charge is 0.291 e. The molecule has 5 heteroatoms. The van der Waals surface area contributed by atoms with E-state index in [2.05, 4.69) is 27.9 Å². The van der Waals surface area contributed by atoms with Crippen molar-refractivity contribution >= 4 is 34.2 Å². The van der Waals surface area contributed by atoms with Crippen molar-refractivity contribution in [3.8, 4) is 5.75 Å². The van der Waals surface area contributed by atoms with E-state index in [4.69, 9.17) is 9.15 Å². The molecule has 0 spiro atoms. The van der Waals surface area contributed by atoms with E-state index in [0.717, 1.165) is 15.0 Å². The lowest BCUT2D eigenvalue weighted by Gasteiger charge is -2.04. The normalized spacial score (nSPS) is 10.3. The maximum Gasteiger partial charge on any atom is 0.291 e. The summed E-state index contributed by atoms with van der Waals surface area (Å²) >= 11 is 2.21. The van der Waals surface area contributed by atoms with Gasteiger partial charge in [-0.05, 0) is 71.1 Å². The van der Waals surface area contributed by atoms with E-state index < -0.39 is 0 Å². The highest BCUT2D eigenvalue weighted by molar-refractivity contribution is 14.1. The largest absolute Gasteiger partial charge is 0.486 e. The zero-order valence-electron chi connectivity index (χ0n) is 12.2. The van der Waals surface area contributed by atoms with Gasteiger partial charge in [0, 0.05) is 9.26 Å². The average molecular weight is 419 g/mol. The van der Waals surface area contributed by atoms with Crippen molar-refractivity contribution in [1.82, 2.24) is 0 Å². The highest BCUT2D eigenvalue weighted by Crippen LogP contribution is 2.16. The van der Waals surface area contributed by atoms with E-state index in [1.807, 2.05) is 54.6 Å². The van der Waals surface area contributed by atoms with Crippen molar-refractivity contribution in [1.29, 1.82) is 0 Å². The summed E-state index contributed by atoms with van der Waals surface area (Å²) in [5.41, 5.74) is 0.730. The molecule has 1 heterocycles. The van der Waals surface area contributed by atoms with Crippen LogP contribution in [-0.2, 0) is 6.61 Å². The Bertz CT molecular complexity index is 782. The molecule has 2 aromatic carbocycles. The fraction of sp³-hybridized carbons (Fsp3) is 0.0556. The summed E-state index contributed by atoms with van der Waals surface area (Å²) in [4.78, 5) is 12.1. The van der Waals surface area contributed by atoms with E-state index in [9.17, 15) is 4.79 Å². The maximum atomic E-state index is 12.1. The van der Waals surface area contributed by atoms with Crippen LogP contribution in [0.1, 0.15) is 16.3 Å². The third-order valence-electron chi connectivity index (χ3n) is 3.11. The van der Waals surface area contributed by atoms with E-state index >= 15 is 0 Å². The molecule has 1 aromatic heterocycles. The second kappa shape index (κ2) is 7.32. The molecule has 0 fully saturated rings. The first-order chi connectivity index (χ1) is 11.2. The number of hydrogen-bond acceptors (Lipinski definition) is 3. The highest BCUT2D eigenvalue weighted by atomic mass is 127. The van der Waals surface area contributed by atoms with Gasteiger partial charge in [0.05, 0.1) is 0 Å². The predicted molar refractivity (Wildman–Crippen MR) is 96.6 cm³/mol. The summed E-state index contributed by atoms with van der Waals surface area (Å²) in [6, 6.07) is 20.4. The Morgan fingerprint density at radius 3 is 2.48 bits per heavy atom. The van der Waals surface area contributed by atoms with Crippen molar-refractivity contribution in [3.63, 3.8) is 0 Å². The van der Waals surface area contributed by atoms with Gasteiger partial charge in [-0.25, -0.2) is 0 Å². The summed E-state index contributed by atoms with van der Waals surface area (Å²) in [7, 11) is 0.